The van der Waals surface area contributed by atoms with Crippen LogP contribution in [0, 0.1) is 0 Å². The van der Waals surface area contributed by atoms with Crippen molar-refractivity contribution >= 4 is 44.5 Å². The maximum atomic E-state index is 13.0. The molecular weight excluding hydrogens is 560 g/mol. The van der Waals surface area contributed by atoms with Crippen molar-refractivity contribution < 1.29 is 14.3 Å². The highest BCUT2D eigenvalue weighted by Gasteiger charge is 2.28. The molecule has 0 unspecified atom stereocenters. The van der Waals surface area contributed by atoms with Crippen molar-refractivity contribution in [3.8, 4) is 5.75 Å². The zero-order chi connectivity index (χ0) is 26.3. The molecule has 0 amide bonds. The first-order valence-electron chi connectivity index (χ1n) is 12.7. The van der Waals surface area contributed by atoms with Crippen molar-refractivity contribution in [2.45, 2.75) is 33.0 Å². The quantitative estimate of drug-likeness (QED) is 0.149. The van der Waals surface area contributed by atoms with Crippen molar-refractivity contribution in [2.75, 3.05) is 13.2 Å². The molecule has 0 N–H and O–H groups in total. The molecule has 0 saturated heterocycles. The third-order valence-corrected chi connectivity index (χ3v) is 8.01. The van der Waals surface area contributed by atoms with E-state index in [4.69, 9.17) is 14.5 Å². The van der Waals surface area contributed by atoms with E-state index in [1.807, 2.05) is 61.5 Å². The summed E-state index contributed by atoms with van der Waals surface area (Å²) in [5.41, 5.74) is 4.99. The van der Waals surface area contributed by atoms with Crippen LogP contribution < -0.4 is 4.74 Å². The summed E-state index contributed by atoms with van der Waals surface area (Å²) in [5, 5.41) is 0.705. The Morgan fingerprint density at radius 2 is 1.87 bits per heavy atom. The molecule has 4 aromatic rings. The number of hydrogen-bond donors (Lipinski definition) is 0. The summed E-state index contributed by atoms with van der Waals surface area (Å²) in [5.74, 6) is 0.477. The molecule has 0 spiro atoms. The number of thiophene rings is 1. The second-order valence-corrected chi connectivity index (χ2v) is 11.1. The summed E-state index contributed by atoms with van der Waals surface area (Å²) in [4.78, 5) is 21.3. The lowest BCUT2D eigenvalue weighted by molar-refractivity contribution is 0.0526. The molecule has 194 valence electrons. The van der Waals surface area contributed by atoms with Crippen LogP contribution in [-0.2, 0) is 30.9 Å². The second-order valence-electron chi connectivity index (χ2n) is 9.10. The standard InChI is InChI=1S/C31H29BrN2O3S/c1-2-36-31(35)29-27-15-16-34(19-22-7-4-3-5-8-22)20-28(27)38-30(29)33-18-24-9-6-10-26(17-24)37-21-23-11-13-25(32)14-12-23/h3-14,17-18H,2,15-16,19-21H2,1H3. The molecule has 5 nitrogen and oxygen atoms in total. The predicted octanol–water partition coefficient (Wildman–Crippen LogP) is 7.58. The number of carbonyl (C=O) groups is 1. The van der Waals surface area contributed by atoms with E-state index >= 15 is 0 Å². The lowest BCUT2D eigenvalue weighted by atomic mass is 10.0. The van der Waals surface area contributed by atoms with Gasteiger partial charge < -0.3 is 9.47 Å². The Balaban J connectivity index is 1.33. The first kappa shape index (κ1) is 26.4. The number of carbonyl (C=O) groups excluding carboxylic acids is 1. The van der Waals surface area contributed by atoms with E-state index in [0.717, 1.165) is 53.0 Å². The van der Waals surface area contributed by atoms with Gasteiger partial charge in [-0.1, -0.05) is 70.5 Å². The van der Waals surface area contributed by atoms with Crippen molar-refractivity contribution in [3.05, 3.63) is 116 Å². The normalized spacial score (nSPS) is 13.4. The van der Waals surface area contributed by atoms with Crippen LogP contribution in [0.25, 0.3) is 0 Å². The predicted molar refractivity (Wildman–Crippen MR) is 157 cm³/mol. The van der Waals surface area contributed by atoms with Gasteiger partial charge in [-0.15, -0.1) is 11.3 Å². The van der Waals surface area contributed by atoms with Gasteiger partial charge in [0.05, 0.1) is 12.2 Å². The third kappa shape index (κ3) is 6.59. The molecule has 38 heavy (non-hydrogen) atoms. The molecule has 0 saturated carbocycles. The van der Waals surface area contributed by atoms with Gasteiger partial charge in [-0.3, -0.25) is 4.90 Å². The van der Waals surface area contributed by atoms with Gasteiger partial charge in [0.15, 0.2) is 0 Å². The number of benzene rings is 3. The van der Waals surface area contributed by atoms with E-state index in [1.54, 1.807) is 17.6 Å². The summed E-state index contributed by atoms with van der Waals surface area (Å²) in [7, 11) is 0. The van der Waals surface area contributed by atoms with Crippen molar-refractivity contribution in [1.82, 2.24) is 4.90 Å². The second kappa shape index (κ2) is 12.5. The molecule has 0 atom stereocenters. The topological polar surface area (TPSA) is 51.1 Å². The fourth-order valence-electron chi connectivity index (χ4n) is 4.49. The first-order valence-corrected chi connectivity index (χ1v) is 14.3. The van der Waals surface area contributed by atoms with Gasteiger partial charge in [0, 0.05) is 35.2 Å². The van der Waals surface area contributed by atoms with Crippen molar-refractivity contribution in [2.24, 2.45) is 4.99 Å². The Morgan fingerprint density at radius 1 is 1.05 bits per heavy atom. The number of hydrogen-bond acceptors (Lipinski definition) is 6. The van der Waals surface area contributed by atoms with E-state index in [0.29, 0.717) is 23.8 Å². The van der Waals surface area contributed by atoms with E-state index in [1.165, 1.54) is 10.4 Å². The monoisotopic (exact) mass is 588 g/mol. The van der Waals surface area contributed by atoms with Gasteiger partial charge in [0.2, 0.25) is 0 Å². The van der Waals surface area contributed by atoms with E-state index in [-0.39, 0.29) is 5.97 Å². The molecular formula is C31H29BrN2O3S. The van der Waals surface area contributed by atoms with Crippen LogP contribution in [0.1, 0.15) is 44.4 Å². The molecule has 2 heterocycles. The van der Waals surface area contributed by atoms with Gasteiger partial charge in [-0.05, 0) is 59.9 Å². The van der Waals surface area contributed by atoms with Crippen LogP contribution in [-0.4, -0.2) is 30.2 Å². The van der Waals surface area contributed by atoms with Crippen LogP contribution in [0.15, 0.2) is 88.3 Å². The summed E-state index contributed by atoms with van der Waals surface area (Å²) >= 11 is 5.05. The largest absolute Gasteiger partial charge is 0.489 e. The average molecular weight is 590 g/mol. The van der Waals surface area contributed by atoms with E-state index in [2.05, 4.69) is 45.1 Å². The van der Waals surface area contributed by atoms with Crippen molar-refractivity contribution in [1.29, 1.82) is 0 Å². The Morgan fingerprint density at radius 3 is 2.66 bits per heavy atom. The molecule has 1 aliphatic rings. The van der Waals surface area contributed by atoms with Gasteiger partial charge >= 0.3 is 5.97 Å². The minimum absolute atomic E-state index is 0.291. The highest BCUT2D eigenvalue weighted by atomic mass is 79.9. The number of esters is 1. The van der Waals surface area contributed by atoms with Crippen molar-refractivity contribution in [3.63, 3.8) is 0 Å². The molecule has 1 aromatic heterocycles. The number of fused-ring (bicyclic) bond motifs is 1. The maximum absolute atomic E-state index is 13.0. The van der Waals surface area contributed by atoms with Crippen LogP contribution in [0.4, 0.5) is 5.00 Å². The lowest BCUT2D eigenvalue weighted by Gasteiger charge is -2.27. The smallest absolute Gasteiger partial charge is 0.341 e. The summed E-state index contributed by atoms with van der Waals surface area (Å²) < 4.78 is 12.5. The summed E-state index contributed by atoms with van der Waals surface area (Å²) in [6.45, 7) is 5.24. The molecule has 3 aromatic carbocycles. The van der Waals surface area contributed by atoms with Gasteiger partial charge in [0.25, 0.3) is 0 Å². The molecule has 0 radical (unpaired) electrons. The molecule has 0 fully saturated rings. The van der Waals surface area contributed by atoms with Gasteiger partial charge in [-0.2, -0.15) is 0 Å². The fourth-order valence-corrected chi connectivity index (χ4v) is 5.97. The molecule has 7 heteroatoms. The molecule has 1 aliphatic heterocycles. The van der Waals surface area contributed by atoms with Gasteiger partial charge in [0.1, 0.15) is 17.4 Å². The van der Waals surface area contributed by atoms with Crippen LogP contribution in [0.2, 0.25) is 0 Å². The molecule has 5 rings (SSSR count). The third-order valence-electron chi connectivity index (χ3n) is 6.35. The zero-order valence-electron chi connectivity index (χ0n) is 21.2. The Kier molecular flexibility index (Phi) is 8.68. The minimum atomic E-state index is -0.291. The summed E-state index contributed by atoms with van der Waals surface area (Å²) in [6, 6.07) is 26.4. The van der Waals surface area contributed by atoms with Crippen LogP contribution in [0.3, 0.4) is 0 Å². The van der Waals surface area contributed by atoms with Crippen LogP contribution in [0.5, 0.6) is 5.75 Å². The fraction of sp³-hybridized carbons (Fsp3) is 0.226. The number of rotatable bonds is 9. The maximum Gasteiger partial charge on any atom is 0.341 e. The average Bonchev–Trinajstić information content (AvgIpc) is 3.30. The molecule has 0 bridgehead atoms. The Labute approximate surface area is 235 Å². The Hall–Kier alpha value is -3.26. The van der Waals surface area contributed by atoms with E-state index < -0.39 is 0 Å². The van der Waals surface area contributed by atoms with Crippen LogP contribution >= 0.6 is 27.3 Å². The summed E-state index contributed by atoms with van der Waals surface area (Å²) in [6.07, 6.45) is 2.61. The highest BCUT2D eigenvalue weighted by molar-refractivity contribution is 9.10. The lowest BCUT2D eigenvalue weighted by Crippen LogP contribution is -2.29. The molecule has 0 aliphatic carbocycles. The first-order chi connectivity index (χ1) is 18.6. The Bertz CT molecular complexity index is 1420. The zero-order valence-corrected chi connectivity index (χ0v) is 23.6. The van der Waals surface area contributed by atoms with E-state index in [9.17, 15) is 4.79 Å². The number of aliphatic imine (C=N–C) groups is 1. The SMILES string of the molecule is CCOC(=O)c1c(N=Cc2cccc(OCc3ccc(Br)cc3)c2)sc2c1CCN(Cc1ccccc1)C2. The minimum Gasteiger partial charge on any atom is -0.489 e. The van der Waals surface area contributed by atoms with Gasteiger partial charge in [-0.25, -0.2) is 9.79 Å². The highest BCUT2D eigenvalue weighted by Crippen LogP contribution is 2.39. The number of halogens is 1. The number of ether oxygens (including phenoxy) is 2. The number of nitrogens with zero attached hydrogens (tertiary/aromatic N) is 2.